The molecule has 0 saturated carbocycles. The van der Waals surface area contributed by atoms with E-state index in [1.807, 2.05) is 17.7 Å². The van der Waals surface area contributed by atoms with Crippen LogP contribution in [-0.4, -0.2) is 22.7 Å². The molecule has 0 aromatic carbocycles. The molecule has 10 heavy (non-hydrogen) atoms. The second-order valence-electron chi connectivity index (χ2n) is 3.50. The van der Waals surface area contributed by atoms with Crippen molar-refractivity contribution in [2.75, 3.05) is 0 Å². The third-order valence-corrected chi connectivity index (χ3v) is 2.16. The van der Waals surface area contributed by atoms with Crippen LogP contribution in [0, 0.1) is 0 Å². The molecule has 0 amide bonds. The van der Waals surface area contributed by atoms with Crippen LogP contribution in [-0.2, 0) is 5.41 Å². The Bertz CT molecular complexity index is 224. The van der Waals surface area contributed by atoms with Crippen LogP contribution in [0.1, 0.15) is 26.5 Å². The van der Waals surface area contributed by atoms with Crippen molar-refractivity contribution in [2.45, 2.75) is 26.2 Å². The van der Waals surface area contributed by atoms with Crippen molar-refractivity contribution in [2.24, 2.45) is 0 Å². The molecule has 1 nitrogen and oxygen atoms in total. The summed E-state index contributed by atoms with van der Waals surface area (Å²) in [5.74, 6) is 0. The number of thiazole rings is 1. The number of aromatic nitrogens is 1. The third kappa shape index (κ3) is 1.85. The first-order valence-corrected chi connectivity index (χ1v) is 4.31. The maximum atomic E-state index is 4.40. The van der Waals surface area contributed by atoms with Crippen molar-refractivity contribution in [1.29, 1.82) is 0 Å². The number of rotatable bonds is 0. The van der Waals surface area contributed by atoms with Gasteiger partial charge in [0, 0.05) is 0 Å². The van der Waals surface area contributed by atoms with Crippen LogP contribution in [0.2, 0.25) is 0 Å². The van der Waals surface area contributed by atoms with Gasteiger partial charge in [-0.15, -0.1) is 0 Å². The van der Waals surface area contributed by atoms with Crippen molar-refractivity contribution in [3.05, 3.63) is 11.1 Å². The summed E-state index contributed by atoms with van der Waals surface area (Å²) in [6.45, 7) is 6.55. The van der Waals surface area contributed by atoms with Crippen LogP contribution in [0.5, 0.6) is 0 Å². The van der Waals surface area contributed by atoms with Crippen LogP contribution in [0.4, 0.5) is 0 Å². The molecule has 3 heteroatoms. The molecule has 0 spiro atoms. The minimum absolute atomic E-state index is 0.213. The van der Waals surface area contributed by atoms with E-state index in [1.54, 1.807) is 11.3 Å². The summed E-state index contributed by atoms with van der Waals surface area (Å²) < 4.78 is 1.16. The van der Waals surface area contributed by atoms with Crippen molar-refractivity contribution < 1.29 is 0 Å². The molecule has 1 rings (SSSR count). The summed E-state index contributed by atoms with van der Waals surface area (Å²) in [5.41, 5.74) is 1.42. The van der Waals surface area contributed by atoms with Gasteiger partial charge in [0.25, 0.3) is 0 Å². The van der Waals surface area contributed by atoms with E-state index in [4.69, 9.17) is 0 Å². The van der Waals surface area contributed by atoms with Gasteiger partial charge in [-0.1, -0.05) is 0 Å². The molecule has 0 N–H and O–H groups in total. The van der Waals surface area contributed by atoms with Gasteiger partial charge in [0.2, 0.25) is 0 Å². The van der Waals surface area contributed by atoms with Gasteiger partial charge in [-0.25, -0.2) is 0 Å². The molecule has 50 valence electrons. The second-order valence-corrected chi connectivity index (χ2v) is 4.56. The molecular formula is C7H10LiNS. The summed E-state index contributed by atoms with van der Waals surface area (Å²) in [6.07, 6.45) is 0. The average molecular weight is 147 g/mol. The van der Waals surface area contributed by atoms with Crippen molar-refractivity contribution in [1.82, 2.24) is 4.98 Å². The van der Waals surface area contributed by atoms with E-state index < -0.39 is 0 Å². The normalized spacial score (nSPS) is 12.1. The second kappa shape index (κ2) is 2.69. The third-order valence-electron chi connectivity index (χ3n) is 1.39. The molecular weight excluding hydrogens is 137 g/mol. The SMILES string of the molecule is [Li][c]1nc(C(C)(C)C)cs1. The Balaban J connectivity index is 2.96. The summed E-state index contributed by atoms with van der Waals surface area (Å²) >= 11 is 3.76. The van der Waals surface area contributed by atoms with E-state index in [9.17, 15) is 0 Å². The zero-order valence-electron chi connectivity index (χ0n) is 6.93. The van der Waals surface area contributed by atoms with Crippen molar-refractivity contribution in [3.63, 3.8) is 0 Å². The van der Waals surface area contributed by atoms with Crippen LogP contribution in [0.3, 0.4) is 0 Å². The molecule has 0 atom stereocenters. The predicted octanol–water partition coefficient (Wildman–Crippen LogP) is 1.23. The van der Waals surface area contributed by atoms with Gasteiger partial charge >= 0.3 is 75.0 Å². The average Bonchev–Trinajstić information content (AvgIpc) is 2.11. The topological polar surface area (TPSA) is 12.9 Å². The van der Waals surface area contributed by atoms with Gasteiger partial charge in [0.05, 0.1) is 0 Å². The predicted molar refractivity (Wildman–Crippen MR) is 46.2 cm³/mol. The summed E-state index contributed by atoms with van der Waals surface area (Å²) in [7, 11) is 0. The number of hydrogen-bond donors (Lipinski definition) is 0. The molecule has 0 aliphatic rings. The molecule has 1 heterocycles. The first kappa shape index (κ1) is 8.33. The summed E-state index contributed by atoms with van der Waals surface area (Å²) in [6, 6.07) is 0. The van der Waals surface area contributed by atoms with Crippen LogP contribution < -0.4 is 3.68 Å². The Morgan fingerprint density at radius 2 is 2.10 bits per heavy atom. The molecule has 0 radical (unpaired) electrons. The zero-order valence-corrected chi connectivity index (χ0v) is 7.75. The fraction of sp³-hybridized carbons (Fsp3) is 0.571. The number of hydrogen-bond acceptors (Lipinski definition) is 2. The maximum absolute atomic E-state index is 4.40. The quantitative estimate of drug-likeness (QED) is 0.503. The molecule has 0 aliphatic carbocycles. The summed E-state index contributed by atoms with van der Waals surface area (Å²) in [5, 5.41) is 2.13. The zero-order chi connectivity index (χ0) is 7.78. The Morgan fingerprint density at radius 3 is 2.30 bits per heavy atom. The molecule has 0 saturated heterocycles. The van der Waals surface area contributed by atoms with E-state index in [1.165, 1.54) is 5.69 Å². The standard InChI is InChI=1S/C7H10NS.Li/c1-7(2,3)6-4-9-5-8-6;/h4H,1-3H3;. The van der Waals surface area contributed by atoms with Gasteiger partial charge in [-0.05, 0) is 0 Å². The van der Waals surface area contributed by atoms with Crippen molar-refractivity contribution in [3.8, 4) is 0 Å². The van der Waals surface area contributed by atoms with Crippen LogP contribution in [0.15, 0.2) is 5.38 Å². The minimum atomic E-state index is 0.213. The van der Waals surface area contributed by atoms with Crippen LogP contribution >= 0.6 is 11.3 Å². The van der Waals surface area contributed by atoms with Crippen molar-refractivity contribution >= 4 is 32.7 Å². The fourth-order valence-electron chi connectivity index (χ4n) is 0.708. The first-order chi connectivity index (χ1) is 4.50. The van der Waals surface area contributed by atoms with Crippen LogP contribution in [0.25, 0.3) is 0 Å². The Kier molecular flexibility index (Phi) is 2.24. The van der Waals surface area contributed by atoms with Gasteiger partial charge in [-0.3, -0.25) is 0 Å². The molecule has 0 aliphatic heterocycles. The van der Waals surface area contributed by atoms with E-state index in [0.717, 1.165) is 3.68 Å². The Morgan fingerprint density at radius 1 is 1.50 bits per heavy atom. The molecule has 0 fully saturated rings. The van der Waals surface area contributed by atoms with E-state index in [2.05, 4.69) is 31.1 Å². The first-order valence-electron chi connectivity index (χ1n) is 3.43. The van der Waals surface area contributed by atoms with Gasteiger partial charge in [0.15, 0.2) is 0 Å². The monoisotopic (exact) mass is 147 g/mol. The van der Waals surface area contributed by atoms with Gasteiger partial charge in [-0.2, -0.15) is 0 Å². The molecule has 1 aromatic heterocycles. The van der Waals surface area contributed by atoms with E-state index in [-0.39, 0.29) is 5.41 Å². The van der Waals surface area contributed by atoms with E-state index >= 15 is 0 Å². The Hall–Kier alpha value is 0.227. The molecule has 0 unspecified atom stereocenters. The van der Waals surface area contributed by atoms with Gasteiger partial charge in [0.1, 0.15) is 0 Å². The summed E-state index contributed by atoms with van der Waals surface area (Å²) in [4.78, 5) is 4.40. The number of nitrogens with zero attached hydrogens (tertiary/aromatic N) is 1. The van der Waals surface area contributed by atoms with E-state index in [0.29, 0.717) is 0 Å². The van der Waals surface area contributed by atoms with Gasteiger partial charge < -0.3 is 0 Å². The Labute approximate surface area is 75.1 Å². The molecule has 0 bridgehead atoms. The molecule has 1 aromatic rings. The fourth-order valence-corrected chi connectivity index (χ4v) is 1.55.